The van der Waals surface area contributed by atoms with E-state index in [0.717, 1.165) is 28.9 Å². The molecule has 0 fully saturated rings. The largest absolute Gasteiger partial charge is 0.355 e. The van der Waals surface area contributed by atoms with E-state index < -0.39 is 0 Å². The van der Waals surface area contributed by atoms with Gasteiger partial charge in [-0.1, -0.05) is 84.9 Å². The Kier molecular flexibility index (Phi) is 6.74. The molecule has 1 nitrogen and oxygen atoms in total. The van der Waals surface area contributed by atoms with Gasteiger partial charge in [0.1, 0.15) is 5.82 Å². The lowest BCUT2D eigenvalue weighted by atomic mass is 9.94. The standard InChI is InChI=1S/C31H30FN/c1-21-9-11-25(12-10-21)18-27-17-23(3)31(33-24(4)30-8-6-5-7-22(30)2)28(20-27)19-26-13-15-29(32)16-14-26/h5-17,20,33H,4,18-19H2,1-3H3. The Morgan fingerprint density at radius 2 is 1.36 bits per heavy atom. The Hall–Kier alpha value is -3.65. The van der Waals surface area contributed by atoms with Crippen molar-refractivity contribution in [3.63, 3.8) is 0 Å². The minimum atomic E-state index is -0.214. The van der Waals surface area contributed by atoms with Crippen LogP contribution in [0, 0.1) is 26.6 Å². The zero-order valence-corrected chi connectivity index (χ0v) is 19.6. The van der Waals surface area contributed by atoms with Crippen LogP contribution in [0.3, 0.4) is 0 Å². The van der Waals surface area contributed by atoms with Crippen LogP contribution >= 0.6 is 0 Å². The Labute approximate surface area is 196 Å². The number of nitrogens with one attached hydrogen (secondary N) is 1. The molecule has 0 saturated heterocycles. The topological polar surface area (TPSA) is 12.0 Å². The second-order valence-electron chi connectivity index (χ2n) is 8.83. The number of aryl methyl sites for hydroxylation is 3. The van der Waals surface area contributed by atoms with Gasteiger partial charge in [-0.05, 0) is 79.1 Å². The summed E-state index contributed by atoms with van der Waals surface area (Å²) in [4.78, 5) is 0. The van der Waals surface area contributed by atoms with Crippen molar-refractivity contribution < 1.29 is 4.39 Å². The molecule has 1 N–H and O–H groups in total. The third kappa shape index (κ3) is 5.59. The van der Waals surface area contributed by atoms with Crippen LogP contribution in [0.2, 0.25) is 0 Å². The molecule has 0 atom stereocenters. The van der Waals surface area contributed by atoms with Crippen molar-refractivity contribution in [3.8, 4) is 0 Å². The van der Waals surface area contributed by atoms with Gasteiger partial charge in [-0.15, -0.1) is 0 Å². The molecule has 33 heavy (non-hydrogen) atoms. The lowest BCUT2D eigenvalue weighted by Crippen LogP contribution is -2.06. The molecule has 4 rings (SSSR count). The number of benzene rings is 4. The SMILES string of the molecule is C=C(Nc1c(C)cc(Cc2ccc(C)cc2)cc1Cc1ccc(F)cc1)c1ccccc1C. The van der Waals surface area contributed by atoms with Gasteiger partial charge in [0.15, 0.2) is 0 Å². The molecule has 0 unspecified atom stereocenters. The summed E-state index contributed by atoms with van der Waals surface area (Å²) in [5, 5.41) is 3.60. The average molecular weight is 436 g/mol. The quantitative estimate of drug-likeness (QED) is 0.310. The summed E-state index contributed by atoms with van der Waals surface area (Å²) in [5.41, 5.74) is 11.5. The van der Waals surface area contributed by atoms with Gasteiger partial charge in [0, 0.05) is 16.9 Å². The van der Waals surface area contributed by atoms with Crippen LogP contribution in [0.15, 0.2) is 91.5 Å². The van der Waals surface area contributed by atoms with E-state index in [4.69, 9.17) is 0 Å². The van der Waals surface area contributed by atoms with Crippen molar-refractivity contribution in [3.05, 3.63) is 142 Å². The van der Waals surface area contributed by atoms with Crippen molar-refractivity contribution in [1.82, 2.24) is 0 Å². The lowest BCUT2D eigenvalue weighted by Gasteiger charge is -2.20. The van der Waals surface area contributed by atoms with Gasteiger partial charge in [0.2, 0.25) is 0 Å². The Morgan fingerprint density at radius 3 is 2.06 bits per heavy atom. The second-order valence-corrected chi connectivity index (χ2v) is 8.83. The number of hydrogen-bond donors (Lipinski definition) is 1. The molecule has 0 heterocycles. The molecular weight excluding hydrogens is 405 g/mol. The van der Waals surface area contributed by atoms with Crippen LogP contribution in [-0.4, -0.2) is 0 Å². The Morgan fingerprint density at radius 1 is 0.727 bits per heavy atom. The summed E-state index contributed by atoms with van der Waals surface area (Å²) in [6, 6.07) is 28.2. The van der Waals surface area contributed by atoms with Crippen LogP contribution < -0.4 is 5.32 Å². The molecule has 0 saturated carbocycles. The molecular formula is C31H30FN. The molecule has 0 radical (unpaired) electrons. The third-order valence-electron chi connectivity index (χ3n) is 6.06. The highest BCUT2D eigenvalue weighted by molar-refractivity contribution is 5.80. The predicted molar refractivity (Wildman–Crippen MR) is 138 cm³/mol. The van der Waals surface area contributed by atoms with Crippen molar-refractivity contribution in [1.29, 1.82) is 0 Å². The summed E-state index contributed by atoms with van der Waals surface area (Å²) < 4.78 is 13.5. The monoisotopic (exact) mass is 435 g/mol. The first-order valence-electron chi connectivity index (χ1n) is 11.3. The molecule has 0 aromatic heterocycles. The molecule has 4 aromatic rings. The zero-order valence-electron chi connectivity index (χ0n) is 19.6. The Bertz CT molecular complexity index is 1270. The number of hydrogen-bond acceptors (Lipinski definition) is 1. The highest BCUT2D eigenvalue weighted by atomic mass is 19.1. The fourth-order valence-electron chi connectivity index (χ4n) is 4.26. The highest BCUT2D eigenvalue weighted by Crippen LogP contribution is 2.30. The van der Waals surface area contributed by atoms with Crippen molar-refractivity contribution >= 4 is 11.4 Å². The van der Waals surface area contributed by atoms with E-state index in [1.807, 2.05) is 24.3 Å². The van der Waals surface area contributed by atoms with Crippen LogP contribution in [-0.2, 0) is 12.8 Å². The van der Waals surface area contributed by atoms with Gasteiger partial charge in [0.05, 0.1) is 0 Å². The van der Waals surface area contributed by atoms with E-state index in [0.29, 0.717) is 6.42 Å². The molecule has 0 spiro atoms. The minimum Gasteiger partial charge on any atom is -0.355 e. The molecule has 0 aliphatic carbocycles. The second kappa shape index (κ2) is 9.87. The summed E-state index contributed by atoms with van der Waals surface area (Å²) in [7, 11) is 0. The van der Waals surface area contributed by atoms with Gasteiger partial charge in [-0.25, -0.2) is 4.39 Å². The maximum Gasteiger partial charge on any atom is 0.123 e. The normalized spacial score (nSPS) is 10.8. The summed E-state index contributed by atoms with van der Waals surface area (Å²) >= 11 is 0. The van der Waals surface area contributed by atoms with Gasteiger partial charge in [-0.3, -0.25) is 0 Å². The zero-order chi connectivity index (χ0) is 23.4. The van der Waals surface area contributed by atoms with E-state index >= 15 is 0 Å². The first-order valence-corrected chi connectivity index (χ1v) is 11.3. The first kappa shape index (κ1) is 22.5. The van der Waals surface area contributed by atoms with E-state index in [1.165, 1.54) is 45.5 Å². The molecule has 0 bridgehead atoms. The first-order chi connectivity index (χ1) is 15.9. The van der Waals surface area contributed by atoms with Crippen LogP contribution in [0.1, 0.15) is 44.5 Å². The number of rotatable bonds is 7. The fourth-order valence-corrected chi connectivity index (χ4v) is 4.26. The van der Waals surface area contributed by atoms with Gasteiger partial charge in [0.25, 0.3) is 0 Å². The average Bonchev–Trinajstić information content (AvgIpc) is 2.79. The molecule has 0 aliphatic heterocycles. The van der Waals surface area contributed by atoms with Crippen LogP contribution in [0.5, 0.6) is 0 Å². The number of anilines is 1. The van der Waals surface area contributed by atoms with E-state index in [9.17, 15) is 4.39 Å². The number of halogens is 1. The lowest BCUT2D eigenvalue weighted by molar-refractivity contribution is 0.627. The van der Waals surface area contributed by atoms with Crippen molar-refractivity contribution in [2.75, 3.05) is 5.32 Å². The van der Waals surface area contributed by atoms with E-state index in [2.05, 4.69) is 81.2 Å². The Balaban J connectivity index is 1.70. The maximum atomic E-state index is 13.5. The third-order valence-corrected chi connectivity index (χ3v) is 6.06. The molecule has 4 aromatic carbocycles. The van der Waals surface area contributed by atoms with Crippen LogP contribution in [0.4, 0.5) is 10.1 Å². The summed E-state index contributed by atoms with van der Waals surface area (Å²) in [6.07, 6.45) is 1.59. The molecule has 166 valence electrons. The minimum absolute atomic E-state index is 0.214. The molecule has 2 heteroatoms. The van der Waals surface area contributed by atoms with Gasteiger partial charge >= 0.3 is 0 Å². The fraction of sp³-hybridized carbons (Fsp3) is 0.161. The summed E-state index contributed by atoms with van der Waals surface area (Å²) in [6.45, 7) is 10.7. The van der Waals surface area contributed by atoms with Crippen molar-refractivity contribution in [2.24, 2.45) is 0 Å². The molecule has 0 aliphatic rings. The van der Waals surface area contributed by atoms with Gasteiger partial charge < -0.3 is 5.32 Å². The molecule has 0 amide bonds. The maximum absolute atomic E-state index is 13.5. The highest BCUT2D eigenvalue weighted by Gasteiger charge is 2.13. The smallest absolute Gasteiger partial charge is 0.123 e. The van der Waals surface area contributed by atoms with E-state index in [1.54, 1.807) is 0 Å². The van der Waals surface area contributed by atoms with E-state index in [-0.39, 0.29) is 5.82 Å². The van der Waals surface area contributed by atoms with Crippen molar-refractivity contribution in [2.45, 2.75) is 33.6 Å². The summed E-state index contributed by atoms with van der Waals surface area (Å²) in [5.74, 6) is -0.214. The van der Waals surface area contributed by atoms with Gasteiger partial charge in [-0.2, -0.15) is 0 Å². The van der Waals surface area contributed by atoms with Crippen LogP contribution in [0.25, 0.3) is 5.70 Å². The predicted octanol–water partition coefficient (Wildman–Crippen LogP) is 8.02.